The van der Waals surface area contributed by atoms with Crippen molar-refractivity contribution in [1.82, 2.24) is 5.32 Å². The molecule has 1 aliphatic rings. The van der Waals surface area contributed by atoms with Crippen LogP contribution in [0, 0.1) is 0 Å². The third kappa shape index (κ3) is 4.15. The standard InChI is InChI=1S/C15H23NO5/c1-18-13-6-12(7-14(19-2)15(13)20-3)21-9-11(8-17)16-10-4-5-10/h6-7,10-11,16-17H,4-5,8-9H2,1-3H3. The number of aliphatic hydroxyl groups is 1. The van der Waals surface area contributed by atoms with Gasteiger partial charge >= 0.3 is 0 Å². The first-order chi connectivity index (χ1) is 10.2. The van der Waals surface area contributed by atoms with Crippen LogP contribution in [0.15, 0.2) is 12.1 Å². The second-order valence-corrected chi connectivity index (χ2v) is 4.99. The van der Waals surface area contributed by atoms with E-state index in [2.05, 4.69) is 5.32 Å². The van der Waals surface area contributed by atoms with Crippen molar-refractivity contribution in [2.24, 2.45) is 0 Å². The summed E-state index contributed by atoms with van der Waals surface area (Å²) in [4.78, 5) is 0. The Balaban J connectivity index is 2.04. The molecule has 0 spiro atoms. The van der Waals surface area contributed by atoms with Gasteiger partial charge in [0.1, 0.15) is 12.4 Å². The van der Waals surface area contributed by atoms with Gasteiger partial charge in [0.25, 0.3) is 0 Å². The molecule has 1 aromatic carbocycles. The lowest BCUT2D eigenvalue weighted by Crippen LogP contribution is -2.39. The van der Waals surface area contributed by atoms with E-state index in [0.717, 1.165) is 0 Å². The molecule has 0 bridgehead atoms. The summed E-state index contributed by atoms with van der Waals surface area (Å²) in [7, 11) is 4.68. The molecule has 2 rings (SSSR count). The maximum atomic E-state index is 9.35. The molecule has 1 fully saturated rings. The normalized spacial score (nSPS) is 15.4. The number of hydrogen-bond acceptors (Lipinski definition) is 6. The van der Waals surface area contributed by atoms with E-state index in [1.54, 1.807) is 33.5 Å². The average Bonchev–Trinajstić information content (AvgIpc) is 3.34. The van der Waals surface area contributed by atoms with Crippen LogP contribution in [0.1, 0.15) is 12.8 Å². The molecule has 0 heterocycles. The largest absolute Gasteiger partial charge is 0.493 e. The molecule has 1 unspecified atom stereocenters. The van der Waals surface area contributed by atoms with Gasteiger partial charge in [0.05, 0.1) is 34.0 Å². The fourth-order valence-corrected chi connectivity index (χ4v) is 2.07. The number of methoxy groups -OCH3 is 3. The Morgan fingerprint density at radius 3 is 2.19 bits per heavy atom. The van der Waals surface area contributed by atoms with Gasteiger partial charge in [-0.1, -0.05) is 0 Å². The van der Waals surface area contributed by atoms with Crippen LogP contribution in [0.25, 0.3) is 0 Å². The van der Waals surface area contributed by atoms with Crippen molar-refractivity contribution in [3.8, 4) is 23.0 Å². The monoisotopic (exact) mass is 297 g/mol. The third-order valence-corrected chi connectivity index (χ3v) is 3.36. The molecule has 0 saturated heterocycles. The van der Waals surface area contributed by atoms with Crippen LogP contribution in [0.5, 0.6) is 23.0 Å². The van der Waals surface area contributed by atoms with E-state index >= 15 is 0 Å². The molecule has 1 saturated carbocycles. The van der Waals surface area contributed by atoms with Gasteiger partial charge in [-0.2, -0.15) is 0 Å². The maximum Gasteiger partial charge on any atom is 0.203 e. The summed E-state index contributed by atoms with van der Waals surface area (Å²) in [5.74, 6) is 2.23. The van der Waals surface area contributed by atoms with Crippen LogP contribution in [0.3, 0.4) is 0 Å². The molecule has 1 aliphatic carbocycles. The highest BCUT2D eigenvalue weighted by atomic mass is 16.5. The van der Waals surface area contributed by atoms with E-state index in [0.29, 0.717) is 35.6 Å². The first-order valence-corrected chi connectivity index (χ1v) is 7.01. The number of ether oxygens (including phenoxy) is 4. The summed E-state index contributed by atoms with van der Waals surface area (Å²) in [6.07, 6.45) is 2.33. The van der Waals surface area contributed by atoms with Gasteiger partial charge in [0, 0.05) is 18.2 Å². The van der Waals surface area contributed by atoms with Crippen LogP contribution in [0.4, 0.5) is 0 Å². The maximum absolute atomic E-state index is 9.35. The number of aliphatic hydroxyl groups excluding tert-OH is 1. The summed E-state index contributed by atoms with van der Waals surface area (Å²) >= 11 is 0. The molecule has 21 heavy (non-hydrogen) atoms. The van der Waals surface area contributed by atoms with Crippen molar-refractivity contribution in [3.63, 3.8) is 0 Å². The highest BCUT2D eigenvalue weighted by Gasteiger charge is 2.24. The van der Waals surface area contributed by atoms with Crippen molar-refractivity contribution in [1.29, 1.82) is 0 Å². The van der Waals surface area contributed by atoms with Crippen molar-refractivity contribution in [2.45, 2.75) is 24.9 Å². The fraction of sp³-hybridized carbons (Fsp3) is 0.600. The minimum atomic E-state index is -0.0726. The quantitative estimate of drug-likeness (QED) is 0.714. The van der Waals surface area contributed by atoms with Crippen LogP contribution in [0.2, 0.25) is 0 Å². The lowest BCUT2D eigenvalue weighted by atomic mass is 10.2. The van der Waals surface area contributed by atoms with E-state index in [9.17, 15) is 5.11 Å². The summed E-state index contributed by atoms with van der Waals surface area (Å²) in [6, 6.07) is 3.93. The molecule has 6 nitrogen and oxygen atoms in total. The topological polar surface area (TPSA) is 69.2 Å². The highest BCUT2D eigenvalue weighted by Crippen LogP contribution is 2.40. The minimum absolute atomic E-state index is 0.0426. The van der Waals surface area contributed by atoms with E-state index in [4.69, 9.17) is 18.9 Å². The van der Waals surface area contributed by atoms with E-state index in [1.807, 2.05) is 0 Å². The molecule has 0 radical (unpaired) electrons. The zero-order valence-corrected chi connectivity index (χ0v) is 12.7. The van der Waals surface area contributed by atoms with E-state index < -0.39 is 0 Å². The molecule has 2 N–H and O–H groups in total. The summed E-state index contributed by atoms with van der Waals surface area (Å²) in [6.45, 7) is 0.423. The van der Waals surface area contributed by atoms with Gasteiger partial charge < -0.3 is 29.4 Å². The van der Waals surface area contributed by atoms with Crippen molar-refractivity contribution < 1.29 is 24.1 Å². The second kappa shape index (κ2) is 7.38. The van der Waals surface area contributed by atoms with Crippen LogP contribution >= 0.6 is 0 Å². The predicted molar refractivity (Wildman–Crippen MR) is 78.6 cm³/mol. The third-order valence-electron chi connectivity index (χ3n) is 3.36. The molecule has 6 heteroatoms. The van der Waals surface area contributed by atoms with Crippen LogP contribution in [-0.4, -0.2) is 51.7 Å². The van der Waals surface area contributed by atoms with Gasteiger partial charge in [-0.3, -0.25) is 0 Å². The summed E-state index contributed by atoms with van der Waals surface area (Å²) in [5.41, 5.74) is 0. The number of nitrogens with one attached hydrogen (secondary N) is 1. The summed E-state index contributed by atoms with van der Waals surface area (Å²) < 4.78 is 21.6. The van der Waals surface area contributed by atoms with Crippen LogP contribution in [-0.2, 0) is 0 Å². The smallest absolute Gasteiger partial charge is 0.203 e. The summed E-state index contributed by atoms with van der Waals surface area (Å²) in [5, 5.41) is 12.7. The molecule has 118 valence electrons. The Morgan fingerprint density at radius 1 is 1.14 bits per heavy atom. The molecular formula is C15H23NO5. The first-order valence-electron chi connectivity index (χ1n) is 7.01. The number of benzene rings is 1. The van der Waals surface area contributed by atoms with Crippen molar-refractivity contribution in [2.75, 3.05) is 34.5 Å². The Hall–Kier alpha value is -1.66. The van der Waals surface area contributed by atoms with Gasteiger partial charge in [-0.25, -0.2) is 0 Å². The van der Waals surface area contributed by atoms with Gasteiger partial charge in [-0.15, -0.1) is 0 Å². The SMILES string of the molecule is COc1cc(OCC(CO)NC2CC2)cc(OC)c1OC. The Bertz CT molecular complexity index is 436. The molecule has 0 amide bonds. The van der Waals surface area contributed by atoms with Gasteiger partial charge in [0.2, 0.25) is 5.75 Å². The van der Waals surface area contributed by atoms with Crippen molar-refractivity contribution >= 4 is 0 Å². The predicted octanol–water partition coefficient (Wildman–Crippen LogP) is 1.20. The highest BCUT2D eigenvalue weighted by molar-refractivity contribution is 5.55. The van der Waals surface area contributed by atoms with E-state index in [1.165, 1.54) is 12.8 Å². The second-order valence-electron chi connectivity index (χ2n) is 4.99. The van der Waals surface area contributed by atoms with Gasteiger partial charge in [-0.05, 0) is 12.8 Å². The Kier molecular flexibility index (Phi) is 5.52. The zero-order valence-electron chi connectivity index (χ0n) is 12.7. The molecule has 1 aromatic rings. The van der Waals surface area contributed by atoms with E-state index in [-0.39, 0.29) is 12.6 Å². The number of rotatable bonds is 9. The fourth-order valence-electron chi connectivity index (χ4n) is 2.07. The molecular weight excluding hydrogens is 274 g/mol. The zero-order chi connectivity index (χ0) is 15.2. The Morgan fingerprint density at radius 2 is 1.76 bits per heavy atom. The molecule has 1 atom stereocenters. The Labute approximate surface area is 125 Å². The lowest BCUT2D eigenvalue weighted by molar-refractivity contribution is 0.181. The molecule has 0 aromatic heterocycles. The minimum Gasteiger partial charge on any atom is -0.493 e. The number of hydrogen-bond donors (Lipinski definition) is 2. The van der Waals surface area contributed by atoms with Crippen molar-refractivity contribution in [3.05, 3.63) is 12.1 Å². The van der Waals surface area contributed by atoms with Crippen LogP contribution < -0.4 is 24.3 Å². The first kappa shape index (κ1) is 15.7. The molecule has 0 aliphatic heterocycles. The lowest BCUT2D eigenvalue weighted by Gasteiger charge is -2.18. The average molecular weight is 297 g/mol. The van der Waals surface area contributed by atoms with Gasteiger partial charge in [0.15, 0.2) is 11.5 Å².